The molecule has 0 spiro atoms. The van der Waals surface area contributed by atoms with E-state index < -0.39 is 5.60 Å². The number of carbonyl (C=O) groups is 1. The molecule has 0 N–H and O–H groups in total. The molecule has 5 nitrogen and oxygen atoms in total. The maximum Gasteiger partial charge on any atom is 0.410 e. The van der Waals surface area contributed by atoms with E-state index in [2.05, 4.69) is 17.9 Å². The van der Waals surface area contributed by atoms with E-state index in [1.165, 1.54) is 0 Å². The number of halogens is 1. The summed E-state index contributed by atoms with van der Waals surface area (Å²) >= 11 is 6.25. The fourth-order valence-electron chi connectivity index (χ4n) is 4.56. The first-order valence-corrected chi connectivity index (χ1v) is 11.5. The highest BCUT2D eigenvalue weighted by Crippen LogP contribution is 2.49. The number of anilines is 2. The van der Waals surface area contributed by atoms with Gasteiger partial charge in [-0.15, -0.1) is 0 Å². The van der Waals surface area contributed by atoms with Gasteiger partial charge in [0.05, 0.1) is 11.4 Å². The van der Waals surface area contributed by atoms with E-state index in [0.29, 0.717) is 5.02 Å². The predicted molar refractivity (Wildman–Crippen MR) is 125 cm³/mol. The monoisotopic (exact) mass is 442 g/mol. The van der Waals surface area contributed by atoms with E-state index in [1.54, 1.807) is 0 Å². The predicted octanol–water partition coefficient (Wildman–Crippen LogP) is 7.15. The van der Waals surface area contributed by atoms with Gasteiger partial charge in [-0.3, -0.25) is 0 Å². The molecule has 2 aliphatic rings. The average Bonchev–Trinajstić information content (AvgIpc) is 3.17. The van der Waals surface area contributed by atoms with Crippen molar-refractivity contribution in [2.75, 3.05) is 11.4 Å². The number of likely N-dealkylation sites (tertiary alicyclic amines) is 1. The number of hydrogen-bond donors (Lipinski definition) is 0. The van der Waals surface area contributed by atoms with E-state index in [-0.39, 0.29) is 18.2 Å². The average molecular weight is 443 g/mol. The van der Waals surface area contributed by atoms with E-state index in [9.17, 15) is 4.79 Å². The number of rotatable bonds is 4. The number of benzene rings is 2. The number of hydrogen-bond acceptors (Lipinski definition) is 4. The minimum Gasteiger partial charge on any atom is -0.453 e. The normalized spacial score (nSPS) is 18.8. The van der Waals surface area contributed by atoms with Gasteiger partial charge >= 0.3 is 6.09 Å². The Balaban J connectivity index is 1.63. The quantitative estimate of drug-likeness (QED) is 0.504. The van der Waals surface area contributed by atoms with Crippen LogP contribution in [0.15, 0.2) is 42.5 Å². The zero-order chi connectivity index (χ0) is 22.2. The number of amides is 1. The van der Waals surface area contributed by atoms with Gasteiger partial charge in [-0.25, -0.2) is 4.79 Å². The molecule has 1 fully saturated rings. The van der Waals surface area contributed by atoms with Crippen molar-refractivity contribution in [3.63, 3.8) is 0 Å². The van der Waals surface area contributed by atoms with E-state index in [0.717, 1.165) is 55.1 Å². The van der Waals surface area contributed by atoms with Crippen LogP contribution in [0.5, 0.6) is 11.5 Å². The van der Waals surface area contributed by atoms with Gasteiger partial charge < -0.3 is 19.3 Å². The van der Waals surface area contributed by atoms with Crippen LogP contribution in [0.3, 0.4) is 0 Å². The lowest BCUT2D eigenvalue weighted by Crippen LogP contribution is -2.43. The number of fused-ring (bicyclic) bond motifs is 2. The van der Waals surface area contributed by atoms with Gasteiger partial charge in [0.15, 0.2) is 11.5 Å². The summed E-state index contributed by atoms with van der Waals surface area (Å²) in [5.41, 5.74) is 1.57. The molecule has 2 aliphatic heterocycles. The molecule has 1 saturated heterocycles. The summed E-state index contributed by atoms with van der Waals surface area (Å²) in [6, 6.07) is 14.3. The number of para-hydroxylation sites is 2. The van der Waals surface area contributed by atoms with Crippen LogP contribution in [0.25, 0.3) is 0 Å². The van der Waals surface area contributed by atoms with Gasteiger partial charge in [-0.05, 0) is 70.7 Å². The molecule has 0 unspecified atom stereocenters. The van der Waals surface area contributed by atoms with Crippen LogP contribution in [-0.2, 0) is 4.74 Å². The molecule has 6 heteroatoms. The van der Waals surface area contributed by atoms with Crippen LogP contribution in [-0.4, -0.2) is 35.2 Å². The Hall–Kier alpha value is -2.40. The Morgan fingerprint density at radius 2 is 1.94 bits per heavy atom. The standard InChI is InChI=1S/C25H31ClN2O3/c1-5-18(16-19-9-8-14-27(19)24(29)31-25(2,3)4)28-20-10-6-7-11-22(20)30-23-15-17(26)12-13-21(23)28/h6-7,10-13,15,18-19H,5,8-9,14,16H2,1-4H3/t18-,19-/m1/s1. The Labute approximate surface area is 189 Å². The van der Waals surface area contributed by atoms with Gasteiger partial charge in [0, 0.05) is 29.7 Å². The summed E-state index contributed by atoms with van der Waals surface area (Å²) in [6.07, 6.45) is 3.60. The van der Waals surface area contributed by atoms with Crippen LogP contribution >= 0.6 is 11.6 Å². The second-order valence-corrected chi connectivity index (χ2v) is 9.76. The third-order valence-electron chi connectivity index (χ3n) is 5.91. The second-order valence-electron chi connectivity index (χ2n) is 9.32. The van der Waals surface area contributed by atoms with Crippen molar-refractivity contribution in [3.8, 4) is 11.5 Å². The van der Waals surface area contributed by atoms with Crippen molar-refractivity contribution in [3.05, 3.63) is 47.5 Å². The molecule has 31 heavy (non-hydrogen) atoms. The molecule has 166 valence electrons. The minimum atomic E-state index is -0.490. The molecule has 0 aromatic heterocycles. The second kappa shape index (κ2) is 8.62. The molecule has 2 aromatic carbocycles. The van der Waals surface area contributed by atoms with Crippen LogP contribution in [0, 0.1) is 0 Å². The molecule has 2 atom stereocenters. The van der Waals surface area contributed by atoms with Crippen LogP contribution in [0.4, 0.5) is 16.2 Å². The maximum absolute atomic E-state index is 12.8. The molecule has 0 radical (unpaired) electrons. The van der Waals surface area contributed by atoms with Gasteiger partial charge in [-0.2, -0.15) is 0 Å². The molecule has 2 heterocycles. The summed E-state index contributed by atoms with van der Waals surface area (Å²) in [5.74, 6) is 1.59. The van der Waals surface area contributed by atoms with Gasteiger partial charge in [-0.1, -0.05) is 30.7 Å². The first kappa shape index (κ1) is 21.8. The number of carbonyl (C=O) groups excluding carboxylic acids is 1. The topological polar surface area (TPSA) is 42.0 Å². The molecule has 0 bridgehead atoms. The van der Waals surface area contributed by atoms with Crippen LogP contribution < -0.4 is 9.64 Å². The van der Waals surface area contributed by atoms with E-state index in [4.69, 9.17) is 21.1 Å². The smallest absolute Gasteiger partial charge is 0.410 e. The Bertz CT molecular complexity index is 956. The fraction of sp³-hybridized carbons (Fsp3) is 0.480. The lowest BCUT2D eigenvalue weighted by atomic mass is 9.98. The summed E-state index contributed by atoms with van der Waals surface area (Å²) < 4.78 is 11.8. The summed E-state index contributed by atoms with van der Waals surface area (Å²) in [6.45, 7) is 8.69. The van der Waals surface area contributed by atoms with Gasteiger partial charge in [0.1, 0.15) is 5.60 Å². The molecule has 2 aromatic rings. The van der Waals surface area contributed by atoms with Crippen molar-refractivity contribution in [1.29, 1.82) is 0 Å². The third-order valence-corrected chi connectivity index (χ3v) is 6.15. The highest BCUT2D eigenvalue weighted by molar-refractivity contribution is 6.30. The lowest BCUT2D eigenvalue weighted by Gasteiger charge is -2.40. The summed E-state index contributed by atoms with van der Waals surface area (Å²) in [7, 11) is 0. The van der Waals surface area contributed by atoms with Crippen LogP contribution in [0.2, 0.25) is 5.02 Å². The van der Waals surface area contributed by atoms with Crippen molar-refractivity contribution in [1.82, 2.24) is 4.90 Å². The molecular weight excluding hydrogens is 412 g/mol. The molecular formula is C25H31ClN2O3. The Morgan fingerprint density at radius 3 is 2.68 bits per heavy atom. The van der Waals surface area contributed by atoms with Crippen molar-refractivity contribution in [2.45, 2.75) is 71.1 Å². The van der Waals surface area contributed by atoms with Crippen molar-refractivity contribution in [2.24, 2.45) is 0 Å². The largest absolute Gasteiger partial charge is 0.453 e. The highest BCUT2D eigenvalue weighted by atomic mass is 35.5. The Morgan fingerprint density at radius 1 is 1.19 bits per heavy atom. The van der Waals surface area contributed by atoms with Crippen molar-refractivity contribution >= 4 is 29.1 Å². The van der Waals surface area contributed by atoms with Crippen LogP contribution in [0.1, 0.15) is 53.4 Å². The fourth-order valence-corrected chi connectivity index (χ4v) is 4.73. The first-order chi connectivity index (χ1) is 14.8. The third kappa shape index (κ3) is 4.62. The Kier molecular flexibility index (Phi) is 6.07. The zero-order valence-electron chi connectivity index (χ0n) is 18.7. The summed E-state index contributed by atoms with van der Waals surface area (Å²) in [4.78, 5) is 17.1. The number of nitrogens with zero attached hydrogens (tertiary/aromatic N) is 2. The van der Waals surface area contributed by atoms with Crippen molar-refractivity contribution < 1.29 is 14.3 Å². The van der Waals surface area contributed by atoms with Gasteiger partial charge in [0.2, 0.25) is 0 Å². The minimum absolute atomic E-state index is 0.158. The highest BCUT2D eigenvalue weighted by Gasteiger charge is 2.36. The first-order valence-electron chi connectivity index (χ1n) is 11.1. The molecule has 1 amide bonds. The van der Waals surface area contributed by atoms with E-state index >= 15 is 0 Å². The van der Waals surface area contributed by atoms with E-state index in [1.807, 2.05) is 62.1 Å². The molecule has 4 rings (SSSR count). The maximum atomic E-state index is 12.8. The molecule has 0 aliphatic carbocycles. The number of ether oxygens (including phenoxy) is 2. The molecule has 0 saturated carbocycles. The summed E-state index contributed by atoms with van der Waals surface area (Å²) in [5, 5.41) is 0.651. The SMILES string of the molecule is CC[C@H](C[C@H]1CCCN1C(=O)OC(C)(C)C)N1c2ccccc2Oc2cc(Cl)ccc21. The van der Waals surface area contributed by atoms with Gasteiger partial charge in [0.25, 0.3) is 0 Å². The zero-order valence-corrected chi connectivity index (χ0v) is 19.5. The lowest BCUT2D eigenvalue weighted by molar-refractivity contribution is 0.0215.